The van der Waals surface area contributed by atoms with Gasteiger partial charge in [0.15, 0.2) is 0 Å². The third kappa shape index (κ3) is 2.11. The molecule has 3 heterocycles. The lowest BCUT2D eigenvalue weighted by Gasteiger charge is -2.19. The predicted molar refractivity (Wildman–Crippen MR) is 80.0 cm³/mol. The van der Waals surface area contributed by atoms with Crippen LogP contribution in [0.3, 0.4) is 0 Å². The monoisotopic (exact) mass is 325 g/mol. The Hall–Kier alpha value is -3.29. The fraction of sp³-hybridized carbons (Fsp3) is 0.214. The van der Waals surface area contributed by atoms with Gasteiger partial charge in [-0.15, -0.1) is 10.2 Å². The van der Waals surface area contributed by atoms with Gasteiger partial charge in [0.2, 0.25) is 5.82 Å². The second-order valence-electron chi connectivity index (χ2n) is 5.08. The number of hydrogen-bond donors (Lipinski definition) is 3. The van der Waals surface area contributed by atoms with Gasteiger partial charge in [0.25, 0.3) is 11.7 Å². The predicted octanol–water partition coefficient (Wildman–Crippen LogP) is 0.328. The van der Waals surface area contributed by atoms with Crippen molar-refractivity contribution < 1.29 is 14.3 Å². The fourth-order valence-electron chi connectivity index (χ4n) is 2.62. The summed E-state index contributed by atoms with van der Waals surface area (Å²) < 4.78 is 11.1. The number of carbonyl (C=O) groups is 1. The van der Waals surface area contributed by atoms with Crippen LogP contribution in [0.4, 0.5) is 11.4 Å². The molecule has 2 aliphatic heterocycles. The second kappa shape index (κ2) is 5.41. The molecule has 1 spiro atoms. The van der Waals surface area contributed by atoms with Gasteiger partial charge in [-0.1, -0.05) is 0 Å². The molecule has 0 saturated carbocycles. The van der Waals surface area contributed by atoms with Crippen molar-refractivity contribution in [3.8, 4) is 6.07 Å². The highest BCUT2D eigenvalue weighted by Gasteiger charge is 2.52. The van der Waals surface area contributed by atoms with Crippen molar-refractivity contribution >= 4 is 22.9 Å². The van der Waals surface area contributed by atoms with E-state index in [1.165, 1.54) is 6.20 Å². The molecule has 2 aliphatic rings. The molecule has 1 aromatic carbocycles. The van der Waals surface area contributed by atoms with Crippen molar-refractivity contribution in [2.75, 3.05) is 23.8 Å². The van der Waals surface area contributed by atoms with Crippen LogP contribution >= 0.6 is 0 Å². The SMILES string of the molecule is N#CC(=CNc1ccc2c(c1)C1(OCCO1)C(=O)N2)c1nn[nH]n1. The van der Waals surface area contributed by atoms with E-state index in [2.05, 4.69) is 31.3 Å². The molecule has 3 N–H and O–H groups in total. The van der Waals surface area contributed by atoms with Crippen molar-refractivity contribution in [2.45, 2.75) is 5.79 Å². The first-order valence-electron chi connectivity index (χ1n) is 7.07. The molecule has 0 atom stereocenters. The highest BCUT2D eigenvalue weighted by Crippen LogP contribution is 2.43. The normalized spacial score (nSPS) is 18.3. The summed E-state index contributed by atoms with van der Waals surface area (Å²) in [5, 5.41) is 28.1. The number of fused-ring (bicyclic) bond motifs is 2. The first-order chi connectivity index (χ1) is 11.7. The summed E-state index contributed by atoms with van der Waals surface area (Å²) in [5.74, 6) is -1.54. The zero-order chi connectivity index (χ0) is 16.6. The standard InChI is InChI=1S/C14H11N7O3/c15-6-8(12-18-20-21-19-12)7-16-9-1-2-11-10(5-9)14(13(22)17-11)23-3-4-24-14/h1-2,5,7,16H,3-4H2,(H,17,22)(H,18,19,20,21). The van der Waals surface area contributed by atoms with E-state index in [0.29, 0.717) is 30.2 Å². The summed E-state index contributed by atoms with van der Waals surface area (Å²) in [4.78, 5) is 12.2. The number of amides is 1. The molecule has 1 fully saturated rings. The quantitative estimate of drug-likeness (QED) is 0.686. The molecule has 1 aromatic heterocycles. The largest absolute Gasteiger partial charge is 0.360 e. The molecule has 120 valence electrons. The van der Waals surface area contributed by atoms with Crippen LogP contribution in [0.2, 0.25) is 0 Å². The Kier molecular flexibility index (Phi) is 3.23. The molecule has 1 saturated heterocycles. The topological polar surface area (TPSA) is 138 Å². The maximum absolute atomic E-state index is 12.2. The Morgan fingerprint density at radius 3 is 2.96 bits per heavy atom. The highest BCUT2D eigenvalue weighted by atomic mass is 16.7. The summed E-state index contributed by atoms with van der Waals surface area (Å²) in [6.07, 6.45) is 1.46. The van der Waals surface area contributed by atoms with Crippen molar-refractivity contribution in [2.24, 2.45) is 0 Å². The van der Waals surface area contributed by atoms with Crippen LogP contribution in [0.5, 0.6) is 0 Å². The number of ether oxygens (including phenoxy) is 2. The third-order valence-electron chi connectivity index (χ3n) is 3.71. The van der Waals surface area contributed by atoms with Gasteiger partial charge in [-0.2, -0.15) is 10.5 Å². The summed E-state index contributed by atoms with van der Waals surface area (Å²) >= 11 is 0. The molecule has 24 heavy (non-hydrogen) atoms. The molecule has 10 heteroatoms. The molecule has 1 amide bonds. The summed E-state index contributed by atoms with van der Waals surface area (Å²) in [6.45, 7) is 0.696. The van der Waals surface area contributed by atoms with Crippen molar-refractivity contribution in [3.05, 3.63) is 35.8 Å². The Morgan fingerprint density at radius 1 is 1.42 bits per heavy atom. The first kappa shape index (κ1) is 14.3. The van der Waals surface area contributed by atoms with E-state index in [9.17, 15) is 4.79 Å². The number of aromatic amines is 1. The van der Waals surface area contributed by atoms with E-state index in [0.717, 1.165) is 0 Å². The number of allylic oxidation sites excluding steroid dienone is 1. The van der Waals surface area contributed by atoms with Crippen LogP contribution in [0, 0.1) is 11.3 Å². The van der Waals surface area contributed by atoms with Crippen molar-refractivity contribution in [1.29, 1.82) is 5.26 Å². The van der Waals surface area contributed by atoms with Gasteiger partial charge in [0.05, 0.1) is 18.9 Å². The zero-order valence-electron chi connectivity index (χ0n) is 12.2. The summed E-state index contributed by atoms with van der Waals surface area (Å²) in [5.41, 5.74) is 2.10. The first-order valence-corrected chi connectivity index (χ1v) is 7.07. The van der Waals surface area contributed by atoms with Gasteiger partial charge in [-0.25, -0.2) is 0 Å². The number of nitrogens with zero attached hydrogens (tertiary/aromatic N) is 4. The van der Waals surface area contributed by atoms with E-state index < -0.39 is 5.79 Å². The minimum absolute atomic E-state index is 0.182. The van der Waals surface area contributed by atoms with E-state index in [1.807, 2.05) is 6.07 Å². The molecule has 0 aliphatic carbocycles. The number of hydrogen-bond acceptors (Lipinski definition) is 8. The van der Waals surface area contributed by atoms with Crippen LogP contribution < -0.4 is 10.6 Å². The molecule has 0 unspecified atom stereocenters. The van der Waals surface area contributed by atoms with Crippen molar-refractivity contribution in [1.82, 2.24) is 20.6 Å². The number of aromatic nitrogens is 4. The number of rotatable bonds is 3. The maximum Gasteiger partial charge on any atom is 0.289 e. The number of nitriles is 1. The summed E-state index contributed by atoms with van der Waals surface area (Å²) in [7, 11) is 0. The lowest BCUT2D eigenvalue weighted by molar-refractivity contribution is -0.178. The lowest BCUT2D eigenvalue weighted by atomic mass is 10.1. The van der Waals surface area contributed by atoms with E-state index in [4.69, 9.17) is 14.7 Å². The van der Waals surface area contributed by atoms with Crippen LogP contribution in [-0.2, 0) is 20.1 Å². The molecule has 2 aromatic rings. The minimum atomic E-state index is -1.39. The minimum Gasteiger partial charge on any atom is -0.360 e. The Balaban J connectivity index is 1.64. The second-order valence-corrected chi connectivity index (χ2v) is 5.08. The van der Waals surface area contributed by atoms with Crippen molar-refractivity contribution in [3.63, 3.8) is 0 Å². The molecule has 0 bridgehead atoms. The number of H-pyrrole nitrogens is 1. The number of carbonyl (C=O) groups excluding carboxylic acids is 1. The van der Waals surface area contributed by atoms with E-state index in [1.54, 1.807) is 18.2 Å². The van der Waals surface area contributed by atoms with Crippen LogP contribution in [0.25, 0.3) is 5.57 Å². The zero-order valence-corrected chi connectivity index (χ0v) is 12.2. The van der Waals surface area contributed by atoms with E-state index in [-0.39, 0.29) is 17.3 Å². The van der Waals surface area contributed by atoms with Gasteiger partial charge in [-0.05, 0) is 23.4 Å². The molecular weight excluding hydrogens is 314 g/mol. The number of tetrazole rings is 1. The van der Waals surface area contributed by atoms with Crippen LogP contribution in [-0.4, -0.2) is 39.7 Å². The van der Waals surface area contributed by atoms with Gasteiger partial charge < -0.3 is 20.1 Å². The third-order valence-corrected chi connectivity index (χ3v) is 3.71. The lowest BCUT2D eigenvalue weighted by Crippen LogP contribution is -2.35. The van der Waals surface area contributed by atoms with Gasteiger partial charge in [-0.3, -0.25) is 4.79 Å². The van der Waals surface area contributed by atoms with Gasteiger partial charge >= 0.3 is 0 Å². The Bertz CT molecular complexity index is 863. The highest BCUT2D eigenvalue weighted by molar-refractivity contribution is 6.04. The Morgan fingerprint density at radius 2 is 2.25 bits per heavy atom. The van der Waals surface area contributed by atoms with Gasteiger partial charge in [0, 0.05) is 17.5 Å². The fourth-order valence-corrected chi connectivity index (χ4v) is 2.62. The average Bonchev–Trinajstić information content (AvgIpc) is 3.33. The van der Waals surface area contributed by atoms with Gasteiger partial charge in [0.1, 0.15) is 11.6 Å². The molecule has 4 rings (SSSR count). The van der Waals surface area contributed by atoms with Crippen LogP contribution in [0.15, 0.2) is 24.4 Å². The molecule has 0 radical (unpaired) electrons. The summed E-state index contributed by atoms with van der Waals surface area (Å²) in [6, 6.07) is 7.22. The number of anilines is 2. The number of benzene rings is 1. The molecular formula is C14H11N7O3. The Labute approximate surface area is 135 Å². The smallest absolute Gasteiger partial charge is 0.289 e. The average molecular weight is 325 g/mol. The van der Waals surface area contributed by atoms with Crippen LogP contribution in [0.1, 0.15) is 11.4 Å². The maximum atomic E-state index is 12.2. The van der Waals surface area contributed by atoms with E-state index >= 15 is 0 Å². The number of nitrogens with one attached hydrogen (secondary N) is 3. The molecule has 10 nitrogen and oxygen atoms in total.